The van der Waals surface area contributed by atoms with Gasteiger partial charge in [0.05, 0.1) is 18.0 Å². The summed E-state index contributed by atoms with van der Waals surface area (Å²) in [6, 6.07) is 4.05. The third kappa shape index (κ3) is 18.1. The average molecular weight is 981 g/mol. The Morgan fingerprint density at radius 3 is 1.76 bits per heavy atom. The zero-order valence-electron chi connectivity index (χ0n) is 42.0. The Morgan fingerprint density at radius 1 is 0.714 bits per heavy atom. The number of Topliss-reactive ketones (excluding diaryl/α,β-unsaturated/α-hetero) is 2. The Hall–Kier alpha value is -6.57. The number of amides is 6. The van der Waals surface area contributed by atoms with E-state index in [0.717, 1.165) is 22.6 Å². The highest BCUT2D eigenvalue weighted by molar-refractivity contribution is 6.12. The van der Waals surface area contributed by atoms with Crippen molar-refractivity contribution in [2.75, 3.05) is 20.6 Å². The molecule has 0 spiro atoms. The third-order valence-electron chi connectivity index (χ3n) is 12.4. The SMILES string of the molecule is CN[C@H](C(=O)N[C@H](C(=O)N(C)[C@H](/C=C(\C)C(=O)N[C@H](CCC(=O)C[C@H](CCC(=O)N[C@H](CCC(=O)CCCN1C(=O)C=CC1=O)C(=O)O)C(=O)O)C(=O)O)C(C)C)C(C)(C)C)C(C)(C)c1ccccc1. The van der Waals surface area contributed by atoms with Crippen molar-refractivity contribution in [3.05, 3.63) is 59.7 Å². The average Bonchev–Trinajstić information content (AvgIpc) is 3.60. The Kier molecular flexibility index (Phi) is 23.0. The van der Waals surface area contributed by atoms with Crippen molar-refractivity contribution in [2.45, 2.75) is 149 Å². The Labute approximate surface area is 409 Å². The molecular formula is C50H72N6O14. The van der Waals surface area contributed by atoms with Gasteiger partial charge in [-0.2, -0.15) is 0 Å². The Balaban J connectivity index is 2.03. The molecule has 70 heavy (non-hydrogen) atoms. The number of carbonyl (C=O) groups excluding carboxylic acids is 8. The normalized spacial score (nSPS) is 15.6. The third-order valence-corrected chi connectivity index (χ3v) is 12.4. The first-order valence-electron chi connectivity index (χ1n) is 23.4. The molecule has 6 atom stereocenters. The van der Waals surface area contributed by atoms with Crippen molar-refractivity contribution < 1.29 is 68.1 Å². The quantitative estimate of drug-likeness (QED) is 0.0431. The molecule has 0 aromatic heterocycles. The second-order valence-corrected chi connectivity index (χ2v) is 19.7. The molecule has 1 aliphatic rings. The molecule has 0 aliphatic carbocycles. The van der Waals surface area contributed by atoms with Gasteiger partial charge < -0.3 is 41.5 Å². The molecule has 20 heteroatoms. The molecule has 0 saturated carbocycles. The number of ketones is 2. The first-order chi connectivity index (χ1) is 32.5. The van der Waals surface area contributed by atoms with Crippen molar-refractivity contribution in [3.8, 4) is 0 Å². The standard InChI is InChI=1S/C50H72N6O14/c1-29(2)37(55(10)45(64)42(49(4,5)6)54-44(63)41(51-9)50(7,8)32-15-12-11-13-16-32)27-30(3)43(62)53-36(48(69)70)22-20-34(58)28-31(46(65)66)18-23-38(59)52-35(47(67)68)21-19-33(57)17-14-26-56-39(60)24-25-40(56)61/h11-13,15-16,24-25,27,29,31,35-37,41-42,51H,14,17-23,26,28H2,1-10H3,(H,52,59)(H,53,62)(H,54,63)(H,65,66)(H,67,68)(H,69,70)/b30-27+/t31-,35+,36+,37+,41+,42+/m0/s1. The highest BCUT2D eigenvalue weighted by atomic mass is 16.4. The number of aliphatic carboxylic acids is 3. The van der Waals surface area contributed by atoms with Gasteiger partial charge in [0.25, 0.3) is 11.8 Å². The van der Waals surface area contributed by atoms with Crippen LogP contribution in [0.3, 0.4) is 0 Å². The maximum atomic E-state index is 14.3. The molecule has 0 bridgehead atoms. The molecule has 0 saturated heterocycles. The van der Waals surface area contributed by atoms with Crippen LogP contribution in [0.2, 0.25) is 0 Å². The van der Waals surface area contributed by atoms with Crippen molar-refractivity contribution in [1.29, 1.82) is 0 Å². The zero-order valence-corrected chi connectivity index (χ0v) is 42.0. The van der Waals surface area contributed by atoms with Gasteiger partial charge in [-0.1, -0.05) is 84.9 Å². The van der Waals surface area contributed by atoms with Crippen LogP contribution in [-0.2, 0) is 58.2 Å². The van der Waals surface area contributed by atoms with Crippen LogP contribution in [0, 0.1) is 17.3 Å². The van der Waals surface area contributed by atoms with Crippen LogP contribution in [0.1, 0.15) is 119 Å². The lowest BCUT2D eigenvalue weighted by Gasteiger charge is -2.40. The van der Waals surface area contributed by atoms with Gasteiger partial charge >= 0.3 is 17.9 Å². The van der Waals surface area contributed by atoms with E-state index in [1.54, 1.807) is 14.1 Å². The maximum Gasteiger partial charge on any atom is 0.326 e. The van der Waals surface area contributed by atoms with Gasteiger partial charge in [0.1, 0.15) is 29.7 Å². The van der Waals surface area contributed by atoms with Crippen LogP contribution in [0.5, 0.6) is 0 Å². The van der Waals surface area contributed by atoms with E-state index in [1.807, 2.05) is 78.8 Å². The molecule has 1 aliphatic heterocycles. The van der Waals surface area contributed by atoms with Crippen LogP contribution in [0.25, 0.3) is 0 Å². The van der Waals surface area contributed by atoms with Crippen molar-refractivity contribution in [1.82, 2.24) is 31.1 Å². The fourth-order valence-electron chi connectivity index (χ4n) is 8.03. The van der Waals surface area contributed by atoms with E-state index in [-0.39, 0.29) is 61.8 Å². The highest BCUT2D eigenvalue weighted by Gasteiger charge is 2.42. The number of benzene rings is 1. The number of carbonyl (C=O) groups is 11. The number of rotatable bonds is 30. The molecule has 20 nitrogen and oxygen atoms in total. The molecule has 1 aromatic rings. The lowest BCUT2D eigenvalue weighted by Crippen LogP contribution is -2.61. The summed E-state index contributed by atoms with van der Waals surface area (Å²) < 4.78 is 0. The minimum atomic E-state index is -1.57. The summed E-state index contributed by atoms with van der Waals surface area (Å²) in [5.74, 6) is -10.4. The largest absolute Gasteiger partial charge is 0.481 e. The minimum absolute atomic E-state index is 0.0113. The zero-order chi connectivity index (χ0) is 53.3. The van der Waals surface area contributed by atoms with Crippen LogP contribution >= 0.6 is 0 Å². The molecule has 6 amide bonds. The first kappa shape index (κ1) is 59.6. The van der Waals surface area contributed by atoms with Gasteiger partial charge in [-0.25, -0.2) is 9.59 Å². The number of imide groups is 1. The summed E-state index contributed by atoms with van der Waals surface area (Å²) in [5.41, 5.74) is -0.433. The smallest absolute Gasteiger partial charge is 0.326 e. The van der Waals surface area contributed by atoms with Crippen molar-refractivity contribution in [2.24, 2.45) is 17.3 Å². The first-order valence-corrected chi connectivity index (χ1v) is 23.4. The fraction of sp³-hybridized carbons (Fsp3) is 0.580. The predicted molar refractivity (Wildman–Crippen MR) is 257 cm³/mol. The molecule has 386 valence electrons. The number of hydrogen-bond donors (Lipinski definition) is 7. The summed E-state index contributed by atoms with van der Waals surface area (Å²) in [6.07, 6.45) is 1.06. The summed E-state index contributed by atoms with van der Waals surface area (Å²) >= 11 is 0. The minimum Gasteiger partial charge on any atom is -0.481 e. The molecule has 1 aromatic carbocycles. The lowest BCUT2D eigenvalue weighted by atomic mass is 9.76. The molecule has 0 unspecified atom stereocenters. The van der Waals surface area contributed by atoms with E-state index in [4.69, 9.17) is 0 Å². The van der Waals surface area contributed by atoms with E-state index in [2.05, 4.69) is 21.3 Å². The van der Waals surface area contributed by atoms with Crippen LogP contribution in [-0.4, -0.2) is 141 Å². The van der Waals surface area contributed by atoms with E-state index in [9.17, 15) is 68.1 Å². The van der Waals surface area contributed by atoms with Gasteiger partial charge in [0.2, 0.25) is 23.6 Å². The summed E-state index contributed by atoms with van der Waals surface area (Å²) in [7, 11) is 3.23. The predicted octanol–water partition coefficient (Wildman–Crippen LogP) is 2.93. The lowest BCUT2D eigenvalue weighted by molar-refractivity contribution is -0.145. The number of carboxylic acid groups (broad SMARTS) is 3. The van der Waals surface area contributed by atoms with Crippen LogP contribution in [0.4, 0.5) is 0 Å². The Bertz CT molecular complexity index is 2140. The molecule has 0 radical (unpaired) electrons. The number of nitrogens with one attached hydrogen (secondary N) is 4. The van der Waals surface area contributed by atoms with Gasteiger partial charge in [-0.3, -0.25) is 48.1 Å². The van der Waals surface area contributed by atoms with E-state index in [0.29, 0.717) is 0 Å². The molecule has 1 heterocycles. The van der Waals surface area contributed by atoms with Gasteiger partial charge in [0, 0.05) is 68.8 Å². The van der Waals surface area contributed by atoms with E-state index >= 15 is 0 Å². The summed E-state index contributed by atoms with van der Waals surface area (Å²) in [6.45, 7) is 14.4. The molecular weight excluding hydrogens is 909 g/mol. The van der Waals surface area contributed by atoms with Crippen molar-refractivity contribution >= 4 is 64.9 Å². The number of carboxylic acids is 3. The summed E-state index contributed by atoms with van der Waals surface area (Å²) in [4.78, 5) is 141. The molecule has 2 rings (SSSR count). The van der Waals surface area contributed by atoms with E-state index < -0.39 is 126 Å². The summed E-state index contributed by atoms with van der Waals surface area (Å²) in [5, 5.41) is 40.1. The fourth-order valence-corrected chi connectivity index (χ4v) is 8.03. The highest BCUT2D eigenvalue weighted by Crippen LogP contribution is 2.29. The number of hydrogen-bond acceptors (Lipinski definition) is 12. The molecule has 0 fully saturated rings. The topological polar surface area (TPSA) is 303 Å². The van der Waals surface area contributed by atoms with Crippen molar-refractivity contribution in [3.63, 3.8) is 0 Å². The number of nitrogens with zero attached hydrogens (tertiary/aromatic N) is 2. The molecule has 7 N–H and O–H groups in total. The maximum absolute atomic E-state index is 14.3. The van der Waals surface area contributed by atoms with Crippen LogP contribution < -0.4 is 21.3 Å². The van der Waals surface area contributed by atoms with Gasteiger partial charge in [-0.15, -0.1) is 0 Å². The Morgan fingerprint density at radius 2 is 1.26 bits per heavy atom. The number of likely N-dealkylation sites (N-methyl/N-ethyl adjacent to an activating group) is 2. The second kappa shape index (κ2) is 27.0. The van der Waals surface area contributed by atoms with Gasteiger partial charge in [-0.05, 0) is 56.6 Å². The monoisotopic (exact) mass is 981 g/mol. The van der Waals surface area contributed by atoms with Crippen LogP contribution in [0.15, 0.2) is 54.1 Å². The second-order valence-electron chi connectivity index (χ2n) is 19.7. The van der Waals surface area contributed by atoms with E-state index in [1.165, 1.54) is 17.9 Å². The van der Waals surface area contributed by atoms with Gasteiger partial charge in [0.15, 0.2) is 0 Å².